The summed E-state index contributed by atoms with van der Waals surface area (Å²) in [5.74, 6) is 0.339. The standard InChI is InChI=1S/C15H11NO4/c1-9-8-10(6-7-16-9)11-2-3-12(19-11)13-4-5-14(20-13)15(17)18/h2-8H,1H3,(H,17,18). The molecule has 3 rings (SSSR count). The lowest BCUT2D eigenvalue weighted by Crippen LogP contribution is -1.91. The summed E-state index contributed by atoms with van der Waals surface area (Å²) in [6.45, 7) is 1.90. The molecule has 0 radical (unpaired) electrons. The smallest absolute Gasteiger partial charge is 0.371 e. The fourth-order valence-corrected chi connectivity index (χ4v) is 1.91. The number of aryl methyl sites for hydroxylation is 1. The Labute approximate surface area is 114 Å². The Morgan fingerprint density at radius 1 is 1.05 bits per heavy atom. The van der Waals surface area contributed by atoms with Crippen molar-refractivity contribution >= 4 is 5.97 Å². The molecule has 0 saturated heterocycles. The first-order valence-corrected chi connectivity index (χ1v) is 6.00. The Hall–Kier alpha value is -2.82. The van der Waals surface area contributed by atoms with Gasteiger partial charge in [0.2, 0.25) is 5.76 Å². The van der Waals surface area contributed by atoms with E-state index in [1.165, 1.54) is 6.07 Å². The monoisotopic (exact) mass is 269 g/mol. The number of hydrogen-bond donors (Lipinski definition) is 1. The molecular formula is C15H11NO4. The molecule has 3 heterocycles. The van der Waals surface area contributed by atoms with Crippen molar-refractivity contribution in [2.45, 2.75) is 6.92 Å². The van der Waals surface area contributed by atoms with Crippen molar-refractivity contribution < 1.29 is 18.7 Å². The Kier molecular flexibility index (Phi) is 2.87. The molecule has 0 aromatic carbocycles. The number of carboxylic acids is 1. The molecule has 0 bridgehead atoms. The van der Waals surface area contributed by atoms with Gasteiger partial charge in [-0.3, -0.25) is 4.98 Å². The van der Waals surface area contributed by atoms with E-state index in [0.717, 1.165) is 11.3 Å². The lowest BCUT2D eigenvalue weighted by atomic mass is 10.2. The zero-order valence-corrected chi connectivity index (χ0v) is 10.7. The van der Waals surface area contributed by atoms with Crippen LogP contribution in [0, 0.1) is 6.92 Å². The van der Waals surface area contributed by atoms with E-state index in [2.05, 4.69) is 4.98 Å². The van der Waals surface area contributed by atoms with Crippen LogP contribution in [0.4, 0.5) is 0 Å². The highest BCUT2D eigenvalue weighted by molar-refractivity contribution is 5.85. The molecule has 0 saturated carbocycles. The number of carbonyl (C=O) groups is 1. The number of rotatable bonds is 3. The van der Waals surface area contributed by atoms with Crippen molar-refractivity contribution in [1.82, 2.24) is 4.98 Å². The number of carboxylic acid groups (broad SMARTS) is 1. The third-order valence-corrected chi connectivity index (χ3v) is 2.85. The van der Waals surface area contributed by atoms with Gasteiger partial charge in [0.25, 0.3) is 0 Å². The van der Waals surface area contributed by atoms with Crippen LogP contribution in [0.5, 0.6) is 0 Å². The minimum Gasteiger partial charge on any atom is -0.475 e. The minimum absolute atomic E-state index is 0.113. The van der Waals surface area contributed by atoms with E-state index in [1.54, 1.807) is 18.3 Å². The first-order valence-electron chi connectivity index (χ1n) is 6.00. The van der Waals surface area contributed by atoms with E-state index in [4.69, 9.17) is 13.9 Å². The molecule has 5 heteroatoms. The third kappa shape index (κ3) is 2.21. The number of furan rings is 2. The van der Waals surface area contributed by atoms with Gasteiger partial charge in [0.1, 0.15) is 5.76 Å². The lowest BCUT2D eigenvalue weighted by Gasteiger charge is -1.97. The van der Waals surface area contributed by atoms with Gasteiger partial charge in [-0.25, -0.2) is 4.79 Å². The highest BCUT2D eigenvalue weighted by Gasteiger charge is 2.13. The molecule has 0 spiro atoms. The molecule has 0 amide bonds. The second-order valence-corrected chi connectivity index (χ2v) is 4.32. The molecule has 0 aliphatic carbocycles. The first kappa shape index (κ1) is 12.2. The minimum atomic E-state index is -1.10. The maximum absolute atomic E-state index is 10.8. The van der Waals surface area contributed by atoms with Crippen LogP contribution in [0.3, 0.4) is 0 Å². The Morgan fingerprint density at radius 2 is 1.75 bits per heavy atom. The molecule has 1 N–H and O–H groups in total. The second-order valence-electron chi connectivity index (χ2n) is 4.32. The maximum atomic E-state index is 10.8. The van der Waals surface area contributed by atoms with Gasteiger partial charge in [0.15, 0.2) is 11.5 Å². The normalized spacial score (nSPS) is 10.7. The van der Waals surface area contributed by atoms with E-state index in [-0.39, 0.29) is 5.76 Å². The van der Waals surface area contributed by atoms with Crippen molar-refractivity contribution in [1.29, 1.82) is 0 Å². The summed E-state index contributed by atoms with van der Waals surface area (Å²) in [6.07, 6.45) is 1.71. The fraction of sp³-hybridized carbons (Fsp3) is 0.0667. The van der Waals surface area contributed by atoms with Crippen LogP contribution in [0.25, 0.3) is 22.8 Å². The average molecular weight is 269 g/mol. The molecular weight excluding hydrogens is 258 g/mol. The van der Waals surface area contributed by atoms with Crippen LogP contribution in [0.1, 0.15) is 16.2 Å². The molecule has 0 unspecified atom stereocenters. The highest BCUT2D eigenvalue weighted by atomic mass is 16.4. The van der Waals surface area contributed by atoms with Crippen LogP contribution in [0.15, 0.2) is 51.4 Å². The molecule has 100 valence electrons. The van der Waals surface area contributed by atoms with Crippen molar-refractivity contribution in [3.63, 3.8) is 0 Å². The number of aromatic nitrogens is 1. The maximum Gasteiger partial charge on any atom is 0.371 e. The number of hydrogen-bond acceptors (Lipinski definition) is 4. The van der Waals surface area contributed by atoms with E-state index < -0.39 is 5.97 Å². The van der Waals surface area contributed by atoms with E-state index in [1.807, 2.05) is 25.1 Å². The molecule has 20 heavy (non-hydrogen) atoms. The molecule has 0 aliphatic rings. The molecule has 3 aromatic heterocycles. The van der Waals surface area contributed by atoms with Crippen LogP contribution >= 0.6 is 0 Å². The summed E-state index contributed by atoms with van der Waals surface area (Å²) in [7, 11) is 0. The first-order chi connectivity index (χ1) is 9.63. The Balaban J connectivity index is 1.95. The Morgan fingerprint density at radius 3 is 2.45 bits per heavy atom. The van der Waals surface area contributed by atoms with Crippen molar-refractivity contribution in [3.05, 3.63) is 54.0 Å². The van der Waals surface area contributed by atoms with Gasteiger partial charge in [-0.1, -0.05) is 0 Å². The highest BCUT2D eigenvalue weighted by Crippen LogP contribution is 2.29. The lowest BCUT2D eigenvalue weighted by molar-refractivity contribution is 0.0663. The van der Waals surface area contributed by atoms with Gasteiger partial charge in [0, 0.05) is 17.5 Å². The van der Waals surface area contributed by atoms with Crippen LogP contribution in [-0.2, 0) is 0 Å². The summed E-state index contributed by atoms with van der Waals surface area (Å²) >= 11 is 0. The van der Waals surface area contributed by atoms with E-state index in [0.29, 0.717) is 17.3 Å². The quantitative estimate of drug-likeness (QED) is 0.786. The summed E-state index contributed by atoms with van der Waals surface area (Å²) in [4.78, 5) is 14.9. The molecule has 0 atom stereocenters. The second kappa shape index (κ2) is 4.70. The number of pyridine rings is 1. The summed E-state index contributed by atoms with van der Waals surface area (Å²) in [5.41, 5.74) is 1.81. The van der Waals surface area contributed by atoms with Gasteiger partial charge >= 0.3 is 5.97 Å². The summed E-state index contributed by atoms with van der Waals surface area (Å²) < 4.78 is 10.9. The van der Waals surface area contributed by atoms with Crippen molar-refractivity contribution in [3.8, 4) is 22.8 Å². The van der Waals surface area contributed by atoms with E-state index >= 15 is 0 Å². The predicted octanol–water partition coefficient (Wildman–Crippen LogP) is 3.61. The summed E-state index contributed by atoms with van der Waals surface area (Å²) in [6, 6.07) is 10.3. The molecule has 5 nitrogen and oxygen atoms in total. The predicted molar refractivity (Wildman–Crippen MR) is 71.3 cm³/mol. The zero-order valence-electron chi connectivity index (χ0n) is 10.7. The summed E-state index contributed by atoms with van der Waals surface area (Å²) in [5, 5.41) is 8.83. The van der Waals surface area contributed by atoms with Crippen LogP contribution in [0.2, 0.25) is 0 Å². The molecule has 3 aromatic rings. The van der Waals surface area contributed by atoms with Gasteiger partial charge in [-0.2, -0.15) is 0 Å². The third-order valence-electron chi connectivity index (χ3n) is 2.85. The zero-order chi connectivity index (χ0) is 14.1. The van der Waals surface area contributed by atoms with Crippen molar-refractivity contribution in [2.75, 3.05) is 0 Å². The van der Waals surface area contributed by atoms with Crippen LogP contribution in [-0.4, -0.2) is 16.1 Å². The molecule has 0 fully saturated rings. The topological polar surface area (TPSA) is 76.5 Å². The van der Waals surface area contributed by atoms with Gasteiger partial charge in [-0.15, -0.1) is 0 Å². The van der Waals surface area contributed by atoms with Gasteiger partial charge < -0.3 is 13.9 Å². The van der Waals surface area contributed by atoms with Crippen LogP contribution < -0.4 is 0 Å². The van der Waals surface area contributed by atoms with Gasteiger partial charge in [0.05, 0.1) is 0 Å². The van der Waals surface area contributed by atoms with E-state index in [9.17, 15) is 4.79 Å². The van der Waals surface area contributed by atoms with Crippen molar-refractivity contribution in [2.24, 2.45) is 0 Å². The fourth-order valence-electron chi connectivity index (χ4n) is 1.91. The molecule has 0 aliphatic heterocycles. The van der Waals surface area contributed by atoms with Gasteiger partial charge in [-0.05, 0) is 43.3 Å². The largest absolute Gasteiger partial charge is 0.475 e. The average Bonchev–Trinajstić information content (AvgIpc) is 3.08. The Bertz CT molecular complexity index is 770. The SMILES string of the molecule is Cc1cc(-c2ccc(-c3ccc(C(=O)O)o3)o2)ccn1. The number of nitrogens with zero attached hydrogens (tertiary/aromatic N) is 1. The number of aromatic carboxylic acids is 1.